The number of methoxy groups -OCH3 is 1. The van der Waals surface area contributed by atoms with Gasteiger partial charge in [0.05, 0.1) is 13.0 Å². The highest BCUT2D eigenvalue weighted by Crippen LogP contribution is 2.10. The van der Waals surface area contributed by atoms with E-state index in [1.165, 1.54) is 7.11 Å². The fourth-order valence-electron chi connectivity index (χ4n) is 2.47. The minimum absolute atomic E-state index is 0.107. The van der Waals surface area contributed by atoms with Gasteiger partial charge in [-0.25, -0.2) is 0 Å². The number of pyridine rings is 1. The number of amides is 1. The largest absolute Gasteiger partial charge is 0.469 e. The maximum atomic E-state index is 12.8. The van der Waals surface area contributed by atoms with Gasteiger partial charge in [0, 0.05) is 31.0 Å². The third kappa shape index (κ3) is 4.91. The van der Waals surface area contributed by atoms with Gasteiger partial charge in [-0.2, -0.15) is 0 Å². The zero-order chi connectivity index (χ0) is 17.4. The van der Waals surface area contributed by atoms with Crippen LogP contribution in [-0.4, -0.2) is 42.0 Å². The number of carbonyl (C=O) groups is 2. The number of nitrogens with zero attached hydrogens (tertiary/aromatic N) is 2. The van der Waals surface area contributed by atoms with E-state index in [9.17, 15) is 9.59 Å². The van der Waals surface area contributed by atoms with Gasteiger partial charge in [0.25, 0.3) is 5.91 Å². The Balaban J connectivity index is 2.11. The zero-order valence-corrected chi connectivity index (χ0v) is 14.0. The van der Waals surface area contributed by atoms with E-state index in [0.717, 1.165) is 12.0 Å². The van der Waals surface area contributed by atoms with Crippen LogP contribution >= 0.6 is 0 Å². The van der Waals surface area contributed by atoms with Crippen LogP contribution in [0.25, 0.3) is 0 Å². The molecule has 1 amide bonds. The second-order valence-electron chi connectivity index (χ2n) is 5.65. The molecule has 0 saturated carbocycles. The molecule has 126 valence electrons. The molecule has 0 aliphatic carbocycles. The number of benzene rings is 1. The van der Waals surface area contributed by atoms with E-state index in [1.807, 2.05) is 30.3 Å². The summed E-state index contributed by atoms with van der Waals surface area (Å²) in [6, 6.07) is 13.3. The predicted octanol–water partition coefficient (Wildman–Crippen LogP) is 2.58. The van der Waals surface area contributed by atoms with E-state index in [0.29, 0.717) is 18.7 Å². The summed E-state index contributed by atoms with van der Waals surface area (Å²) >= 11 is 0. The first-order chi connectivity index (χ1) is 11.6. The fraction of sp³-hybridized carbons (Fsp3) is 0.316. The Morgan fingerprint density at radius 3 is 2.42 bits per heavy atom. The van der Waals surface area contributed by atoms with Gasteiger partial charge in [-0.05, 0) is 24.1 Å². The second kappa shape index (κ2) is 8.82. The number of esters is 1. The fourth-order valence-corrected chi connectivity index (χ4v) is 2.47. The zero-order valence-electron chi connectivity index (χ0n) is 14.0. The van der Waals surface area contributed by atoms with Crippen molar-refractivity contribution < 1.29 is 14.3 Å². The highest BCUT2D eigenvalue weighted by Gasteiger charge is 2.22. The monoisotopic (exact) mass is 326 g/mol. The van der Waals surface area contributed by atoms with Crippen molar-refractivity contribution in [2.24, 2.45) is 5.92 Å². The molecule has 0 saturated heterocycles. The van der Waals surface area contributed by atoms with E-state index >= 15 is 0 Å². The van der Waals surface area contributed by atoms with Crippen LogP contribution in [0.3, 0.4) is 0 Å². The lowest BCUT2D eigenvalue weighted by Crippen LogP contribution is -2.38. The summed E-state index contributed by atoms with van der Waals surface area (Å²) in [6.07, 6.45) is 3.91. The van der Waals surface area contributed by atoms with E-state index < -0.39 is 0 Å². The van der Waals surface area contributed by atoms with Gasteiger partial charge < -0.3 is 9.64 Å². The lowest BCUT2D eigenvalue weighted by Gasteiger charge is -2.25. The van der Waals surface area contributed by atoms with Crippen LogP contribution in [0, 0.1) is 5.92 Å². The van der Waals surface area contributed by atoms with Gasteiger partial charge in [-0.3, -0.25) is 14.6 Å². The molecule has 0 N–H and O–H groups in total. The highest BCUT2D eigenvalue weighted by molar-refractivity contribution is 5.94. The molecule has 0 radical (unpaired) electrons. The Morgan fingerprint density at radius 1 is 1.12 bits per heavy atom. The minimum atomic E-state index is -0.378. The summed E-state index contributed by atoms with van der Waals surface area (Å²) in [6.45, 7) is 2.62. The van der Waals surface area contributed by atoms with Crippen molar-refractivity contribution in [3.05, 3.63) is 66.0 Å². The van der Waals surface area contributed by atoms with Gasteiger partial charge in [0.1, 0.15) is 0 Å². The van der Waals surface area contributed by atoms with Crippen LogP contribution < -0.4 is 0 Å². The Bertz CT molecular complexity index is 659. The molecular weight excluding hydrogens is 304 g/mol. The maximum absolute atomic E-state index is 12.8. The first kappa shape index (κ1) is 17.7. The number of carbonyl (C=O) groups excluding carboxylic acids is 2. The molecule has 2 rings (SSSR count). The van der Waals surface area contributed by atoms with E-state index in [4.69, 9.17) is 4.74 Å². The Kier molecular flexibility index (Phi) is 6.49. The average Bonchev–Trinajstić information content (AvgIpc) is 2.65. The minimum Gasteiger partial charge on any atom is -0.469 e. The third-order valence-corrected chi connectivity index (χ3v) is 3.83. The Hall–Kier alpha value is -2.69. The van der Waals surface area contributed by atoms with Crippen molar-refractivity contribution in [3.8, 4) is 0 Å². The number of rotatable bonds is 7. The molecule has 0 aliphatic rings. The SMILES string of the molecule is COC(=O)C(C)CN(CCc1ccccc1)C(=O)c1ccncc1. The van der Waals surface area contributed by atoms with Crippen molar-refractivity contribution >= 4 is 11.9 Å². The second-order valence-corrected chi connectivity index (χ2v) is 5.65. The van der Waals surface area contributed by atoms with Gasteiger partial charge in [0.2, 0.25) is 0 Å². The van der Waals surface area contributed by atoms with Gasteiger partial charge in [-0.1, -0.05) is 37.3 Å². The number of ether oxygens (including phenoxy) is 1. The van der Waals surface area contributed by atoms with Crippen LogP contribution in [0.2, 0.25) is 0 Å². The molecule has 1 unspecified atom stereocenters. The maximum Gasteiger partial charge on any atom is 0.310 e. The van der Waals surface area contributed by atoms with Gasteiger partial charge in [-0.15, -0.1) is 0 Å². The van der Waals surface area contributed by atoms with Crippen LogP contribution in [0.1, 0.15) is 22.8 Å². The Labute approximate surface area is 142 Å². The lowest BCUT2D eigenvalue weighted by molar-refractivity contribution is -0.145. The van der Waals surface area contributed by atoms with Crippen LogP contribution in [0.15, 0.2) is 54.9 Å². The van der Waals surface area contributed by atoms with E-state index in [-0.39, 0.29) is 17.8 Å². The summed E-state index contributed by atoms with van der Waals surface area (Å²) < 4.78 is 4.77. The smallest absolute Gasteiger partial charge is 0.310 e. The number of aromatic nitrogens is 1. The number of hydrogen-bond donors (Lipinski definition) is 0. The van der Waals surface area contributed by atoms with E-state index in [2.05, 4.69) is 4.98 Å². The molecule has 5 heteroatoms. The molecule has 1 aromatic carbocycles. The highest BCUT2D eigenvalue weighted by atomic mass is 16.5. The van der Waals surface area contributed by atoms with Crippen LogP contribution in [0.4, 0.5) is 0 Å². The van der Waals surface area contributed by atoms with Crippen LogP contribution in [-0.2, 0) is 16.0 Å². The normalized spacial score (nSPS) is 11.6. The summed E-state index contributed by atoms with van der Waals surface area (Å²) in [5.41, 5.74) is 1.71. The topological polar surface area (TPSA) is 59.5 Å². The summed E-state index contributed by atoms with van der Waals surface area (Å²) in [7, 11) is 1.36. The van der Waals surface area contributed by atoms with Crippen molar-refractivity contribution in [1.29, 1.82) is 0 Å². The molecule has 24 heavy (non-hydrogen) atoms. The third-order valence-electron chi connectivity index (χ3n) is 3.83. The molecule has 2 aromatic rings. The van der Waals surface area contributed by atoms with Gasteiger partial charge >= 0.3 is 5.97 Å². The van der Waals surface area contributed by atoms with E-state index in [1.54, 1.807) is 36.4 Å². The standard InChI is InChI=1S/C19H22N2O3/c1-15(19(23)24-2)14-21(13-10-16-6-4-3-5-7-16)18(22)17-8-11-20-12-9-17/h3-9,11-12,15H,10,13-14H2,1-2H3. The average molecular weight is 326 g/mol. The molecule has 1 heterocycles. The first-order valence-corrected chi connectivity index (χ1v) is 7.93. The summed E-state index contributed by atoms with van der Waals surface area (Å²) in [4.78, 5) is 30.1. The molecule has 1 atom stereocenters. The van der Waals surface area contributed by atoms with Crippen molar-refractivity contribution in [2.45, 2.75) is 13.3 Å². The molecule has 0 bridgehead atoms. The quantitative estimate of drug-likeness (QED) is 0.734. The van der Waals surface area contributed by atoms with Crippen LogP contribution in [0.5, 0.6) is 0 Å². The molecule has 0 aliphatic heterocycles. The van der Waals surface area contributed by atoms with Crippen molar-refractivity contribution in [3.63, 3.8) is 0 Å². The molecule has 1 aromatic heterocycles. The van der Waals surface area contributed by atoms with Crippen molar-refractivity contribution in [1.82, 2.24) is 9.88 Å². The predicted molar refractivity (Wildman–Crippen MR) is 91.5 cm³/mol. The molecule has 0 fully saturated rings. The first-order valence-electron chi connectivity index (χ1n) is 7.93. The molecular formula is C19H22N2O3. The molecule has 0 spiro atoms. The molecule has 5 nitrogen and oxygen atoms in total. The van der Waals surface area contributed by atoms with Gasteiger partial charge in [0.15, 0.2) is 0 Å². The van der Waals surface area contributed by atoms with Crippen molar-refractivity contribution in [2.75, 3.05) is 20.2 Å². The lowest BCUT2D eigenvalue weighted by atomic mass is 10.1. The summed E-state index contributed by atoms with van der Waals surface area (Å²) in [5.74, 6) is -0.803. The summed E-state index contributed by atoms with van der Waals surface area (Å²) in [5, 5.41) is 0. The Morgan fingerprint density at radius 2 is 1.79 bits per heavy atom. The number of hydrogen-bond acceptors (Lipinski definition) is 4.